The molecule has 6 heteroatoms. The quantitative estimate of drug-likeness (QED) is 0.809. The van der Waals surface area contributed by atoms with Gasteiger partial charge in [-0.2, -0.15) is 0 Å². The number of aliphatic hydroxyl groups is 1. The predicted molar refractivity (Wildman–Crippen MR) is 85.8 cm³/mol. The van der Waals surface area contributed by atoms with Gasteiger partial charge < -0.3 is 14.7 Å². The lowest BCUT2D eigenvalue weighted by molar-refractivity contribution is -0.119. The summed E-state index contributed by atoms with van der Waals surface area (Å²) in [5, 5.41) is 10.3. The fourth-order valence-corrected chi connectivity index (χ4v) is 2.83. The summed E-state index contributed by atoms with van der Waals surface area (Å²) < 4.78 is 5.31. The maximum Gasteiger partial charge on any atom is 0.410 e. The van der Waals surface area contributed by atoms with Gasteiger partial charge in [-0.3, -0.25) is 4.79 Å². The lowest BCUT2D eigenvalue weighted by atomic mass is 9.95. The molecule has 1 fully saturated rings. The van der Waals surface area contributed by atoms with E-state index in [1.165, 1.54) is 4.90 Å². The Morgan fingerprint density at radius 3 is 2.73 bits per heavy atom. The number of rotatable bonds is 5. The highest BCUT2D eigenvalue weighted by atomic mass is 79.9. The standard InChI is InChI=1S/C16H20BrNO4/c17-10-13(19)9-14-15(20)7-4-8-18(14)16(21)22-11-12-5-2-1-3-6-12/h1-3,5-6,14-15,20H,4,7-11H2/t14-,15+/m1/s1. The first-order chi connectivity index (χ1) is 10.6. The van der Waals surface area contributed by atoms with E-state index < -0.39 is 18.2 Å². The number of alkyl halides is 1. The van der Waals surface area contributed by atoms with E-state index in [9.17, 15) is 14.7 Å². The molecule has 1 heterocycles. The summed E-state index contributed by atoms with van der Waals surface area (Å²) in [6, 6.07) is 8.92. The van der Waals surface area contributed by atoms with Gasteiger partial charge in [-0.1, -0.05) is 46.3 Å². The predicted octanol–water partition coefficient (Wildman–Crippen LogP) is 2.50. The van der Waals surface area contributed by atoms with Crippen LogP contribution in [0.2, 0.25) is 0 Å². The molecule has 0 radical (unpaired) electrons. The number of piperidine rings is 1. The third-order valence-electron chi connectivity index (χ3n) is 3.77. The van der Waals surface area contributed by atoms with Crippen molar-refractivity contribution in [2.75, 3.05) is 11.9 Å². The monoisotopic (exact) mass is 369 g/mol. The molecule has 1 N–H and O–H groups in total. The summed E-state index contributed by atoms with van der Waals surface area (Å²) >= 11 is 3.11. The van der Waals surface area contributed by atoms with Crippen LogP contribution in [-0.2, 0) is 16.1 Å². The van der Waals surface area contributed by atoms with Crippen LogP contribution in [0.25, 0.3) is 0 Å². The van der Waals surface area contributed by atoms with E-state index in [-0.39, 0.29) is 24.1 Å². The Balaban J connectivity index is 1.97. The molecule has 0 bridgehead atoms. The number of ketones is 1. The molecule has 1 aromatic carbocycles. The summed E-state index contributed by atoms with van der Waals surface area (Å²) in [6.07, 6.45) is 0.298. The summed E-state index contributed by atoms with van der Waals surface area (Å²) in [5.74, 6) is -0.0354. The highest BCUT2D eigenvalue weighted by molar-refractivity contribution is 9.09. The Hall–Kier alpha value is -1.40. The number of hydrogen-bond acceptors (Lipinski definition) is 4. The van der Waals surface area contributed by atoms with E-state index in [1.807, 2.05) is 30.3 Å². The van der Waals surface area contributed by atoms with Gasteiger partial charge in [0.05, 0.1) is 17.5 Å². The van der Waals surface area contributed by atoms with Crippen LogP contribution in [0.15, 0.2) is 30.3 Å². The number of nitrogens with zero attached hydrogens (tertiary/aromatic N) is 1. The zero-order valence-electron chi connectivity index (χ0n) is 12.3. The van der Waals surface area contributed by atoms with Gasteiger partial charge in [0.2, 0.25) is 0 Å². The van der Waals surface area contributed by atoms with Gasteiger partial charge in [-0.15, -0.1) is 0 Å². The molecule has 5 nitrogen and oxygen atoms in total. The van der Waals surface area contributed by atoms with Crippen LogP contribution in [0.5, 0.6) is 0 Å². The molecule has 1 aromatic rings. The average Bonchev–Trinajstić information content (AvgIpc) is 2.55. The average molecular weight is 370 g/mol. The van der Waals surface area contributed by atoms with Crippen molar-refractivity contribution in [1.82, 2.24) is 4.90 Å². The minimum absolute atomic E-state index is 0.0354. The molecular weight excluding hydrogens is 350 g/mol. The Labute approximate surface area is 138 Å². The number of carbonyl (C=O) groups excluding carboxylic acids is 2. The maximum absolute atomic E-state index is 12.3. The minimum atomic E-state index is -0.680. The van der Waals surface area contributed by atoms with Crippen molar-refractivity contribution in [3.63, 3.8) is 0 Å². The first-order valence-electron chi connectivity index (χ1n) is 7.35. The molecule has 2 rings (SSSR count). The van der Waals surface area contributed by atoms with Gasteiger partial charge in [0, 0.05) is 13.0 Å². The van der Waals surface area contributed by atoms with Gasteiger partial charge in [0.25, 0.3) is 0 Å². The first kappa shape index (κ1) is 17.0. The SMILES string of the molecule is O=C(CBr)C[C@@H]1[C@@H](O)CCCN1C(=O)OCc1ccccc1. The van der Waals surface area contributed by atoms with Crippen LogP contribution in [0.3, 0.4) is 0 Å². The van der Waals surface area contributed by atoms with E-state index >= 15 is 0 Å². The number of Topliss-reactive ketones (excluding diaryl/α,β-unsaturated/α-hetero) is 1. The Kier molecular flexibility index (Phi) is 6.39. The lowest BCUT2D eigenvalue weighted by Gasteiger charge is -2.37. The number of carbonyl (C=O) groups is 2. The largest absolute Gasteiger partial charge is 0.445 e. The molecular formula is C16H20BrNO4. The molecule has 120 valence electrons. The van der Waals surface area contributed by atoms with E-state index in [2.05, 4.69) is 15.9 Å². The van der Waals surface area contributed by atoms with E-state index in [0.29, 0.717) is 19.4 Å². The second-order valence-corrected chi connectivity index (χ2v) is 5.95. The van der Waals surface area contributed by atoms with Crippen molar-refractivity contribution in [3.05, 3.63) is 35.9 Å². The van der Waals surface area contributed by atoms with Crippen LogP contribution < -0.4 is 0 Å². The number of amides is 1. The highest BCUT2D eigenvalue weighted by Gasteiger charge is 2.35. The van der Waals surface area contributed by atoms with Gasteiger partial charge in [-0.05, 0) is 18.4 Å². The van der Waals surface area contributed by atoms with Gasteiger partial charge >= 0.3 is 6.09 Å². The van der Waals surface area contributed by atoms with E-state index in [4.69, 9.17) is 4.74 Å². The maximum atomic E-state index is 12.3. The molecule has 1 aliphatic rings. The summed E-state index contributed by atoms with van der Waals surface area (Å²) in [7, 11) is 0. The normalized spacial score (nSPS) is 21.5. The summed E-state index contributed by atoms with van der Waals surface area (Å²) in [4.78, 5) is 25.4. The molecule has 0 spiro atoms. The lowest BCUT2D eigenvalue weighted by Crippen LogP contribution is -2.52. The zero-order chi connectivity index (χ0) is 15.9. The number of benzene rings is 1. The third-order valence-corrected chi connectivity index (χ3v) is 4.39. The molecule has 0 aromatic heterocycles. The molecule has 22 heavy (non-hydrogen) atoms. The summed E-state index contributed by atoms with van der Waals surface area (Å²) in [5.41, 5.74) is 0.904. The van der Waals surface area contributed by atoms with Gasteiger partial charge in [0.1, 0.15) is 12.4 Å². The number of likely N-dealkylation sites (tertiary alicyclic amines) is 1. The van der Waals surface area contributed by atoms with Crippen molar-refractivity contribution in [3.8, 4) is 0 Å². The number of hydrogen-bond donors (Lipinski definition) is 1. The van der Waals surface area contributed by atoms with Crippen molar-refractivity contribution in [1.29, 1.82) is 0 Å². The van der Waals surface area contributed by atoms with E-state index in [0.717, 1.165) is 5.56 Å². The minimum Gasteiger partial charge on any atom is -0.445 e. The molecule has 1 amide bonds. The topological polar surface area (TPSA) is 66.8 Å². The first-order valence-corrected chi connectivity index (χ1v) is 8.47. The van der Waals surface area contributed by atoms with Gasteiger partial charge in [-0.25, -0.2) is 4.79 Å². The second-order valence-electron chi connectivity index (χ2n) is 5.39. The molecule has 1 saturated heterocycles. The zero-order valence-corrected chi connectivity index (χ0v) is 13.9. The Bertz CT molecular complexity index is 508. The van der Waals surface area contributed by atoms with Crippen molar-refractivity contribution in [2.45, 2.75) is 38.0 Å². The Morgan fingerprint density at radius 2 is 2.05 bits per heavy atom. The molecule has 0 saturated carbocycles. The van der Waals surface area contributed by atoms with Crippen LogP contribution in [0, 0.1) is 0 Å². The van der Waals surface area contributed by atoms with Crippen molar-refractivity contribution < 1.29 is 19.4 Å². The van der Waals surface area contributed by atoms with Crippen LogP contribution >= 0.6 is 15.9 Å². The van der Waals surface area contributed by atoms with Crippen molar-refractivity contribution >= 4 is 27.8 Å². The smallest absolute Gasteiger partial charge is 0.410 e. The number of aliphatic hydroxyl groups excluding tert-OH is 1. The van der Waals surface area contributed by atoms with E-state index in [1.54, 1.807) is 0 Å². The molecule has 2 atom stereocenters. The molecule has 0 aliphatic carbocycles. The number of ether oxygens (including phenoxy) is 1. The summed E-state index contributed by atoms with van der Waals surface area (Å²) in [6.45, 7) is 0.691. The second kappa shape index (κ2) is 8.29. The molecule has 0 unspecified atom stereocenters. The van der Waals surface area contributed by atoms with Crippen molar-refractivity contribution in [2.24, 2.45) is 0 Å². The fraction of sp³-hybridized carbons (Fsp3) is 0.500. The molecule has 1 aliphatic heterocycles. The highest BCUT2D eigenvalue weighted by Crippen LogP contribution is 2.22. The Morgan fingerprint density at radius 1 is 1.32 bits per heavy atom. The number of halogens is 1. The third kappa shape index (κ3) is 4.55. The van der Waals surface area contributed by atoms with Crippen LogP contribution in [0.4, 0.5) is 4.79 Å². The van der Waals surface area contributed by atoms with Gasteiger partial charge in [0.15, 0.2) is 0 Å². The fourth-order valence-electron chi connectivity index (χ4n) is 2.60. The van der Waals surface area contributed by atoms with Crippen LogP contribution in [-0.4, -0.2) is 45.9 Å². The van der Waals surface area contributed by atoms with Crippen LogP contribution in [0.1, 0.15) is 24.8 Å².